The van der Waals surface area contributed by atoms with E-state index in [1.807, 2.05) is 18.2 Å². The highest BCUT2D eigenvalue weighted by Gasteiger charge is 2.22. The Balaban J connectivity index is 0.00000220. The lowest BCUT2D eigenvalue weighted by atomic mass is 10.0. The van der Waals surface area contributed by atoms with Gasteiger partial charge in [-0.15, -0.1) is 31.4 Å². The average Bonchev–Trinajstić information content (AvgIpc) is 2.50. The van der Waals surface area contributed by atoms with Gasteiger partial charge in [-0.3, -0.25) is 4.90 Å². The van der Waals surface area contributed by atoms with Crippen molar-refractivity contribution in [3.05, 3.63) is 34.8 Å². The first kappa shape index (κ1) is 21.5. The molecule has 1 aliphatic rings. The lowest BCUT2D eigenvalue weighted by Crippen LogP contribution is -2.44. The van der Waals surface area contributed by atoms with E-state index in [-0.39, 0.29) is 30.9 Å². The number of halogens is 3. The van der Waals surface area contributed by atoms with E-state index < -0.39 is 0 Å². The maximum absolute atomic E-state index is 5.42. The zero-order valence-electron chi connectivity index (χ0n) is 12.8. The standard InChI is InChI=1S/C15H21BrN2O2.2ClH/c1-4-12(18-7-5-17-6-8-18)11-9-13(19-2)15(16)14(10-11)20-3;;/h4,9-10,12,17H,1,5-8H2,2-3H3;2*1H/t12-;;/m0../s1. The monoisotopic (exact) mass is 412 g/mol. The second kappa shape index (κ2) is 10.3. The van der Waals surface area contributed by atoms with Crippen LogP contribution in [0.15, 0.2) is 29.3 Å². The van der Waals surface area contributed by atoms with Gasteiger partial charge in [-0.05, 0) is 33.6 Å². The number of rotatable bonds is 5. The van der Waals surface area contributed by atoms with E-state index >= 15 is 0 Å². The van der Waals surface area contributed by atoms with Crippen molar-refractivity contribution in [2.24, 2.45) is 0 Å². The molecule has 4 nitrogen and oxygen atoms in total. The Morgan fingerprint density at radius 2 is 1.68 bits per heavy atom. The summed E-state index contributed by atoms with van der Waals surface area (Å²) in [6.07, 6.45) is 1.98. The number of nitrogens with zero attached hydrogens (tertiary/aromatic N) is 1. The van der Waals surface area contributed by atoms with Gasteiger partial charge in [0.15, 0.2) is 0 Å². The Labute approximate surface area is 153 Å². The molecule has 0 radical (unpaired) electrons. The molecule has 0 aliphatic carbocycles. The lowest BCUT2D eigenvalue weighted by molar-refractivity contribution is 0.203. The van der Waals surface area contributed by atoms with Crippen LogP contribution in [0.25, 0.3) is 0 Å². The number of piperazine rings is 1. The second-order valence-electron chi connectivity index (χ2n) is 4.71. The first-order valence-electron chi connectivity index (χ1n) is 6.70. The smallest absolute Gasteiger partial charge is 0.137 e. The molecule has 0 aromatic heterocycles. The van der Waals surface area contributed by atoms with Gasteiger partial charge in [-0.2, -0.15) is 0 Å². The van der Waals surface area contributed by atoms with Crippen LogP contribution in [0.2, 0.25) is 0 Å². The number of hydrogen-bond donors (Lipinski definition) is 1. The van der Waals surface area contributed by atoms with Crippen molar-refractivity contribution in [1.29, 1.82) is 0 Å². The molecule has 0 amide bonds. The Bertz CT molecular complexity index is 458. The van der Waals surface area contributed by atoms with Crippen LogP contribution in [0.5, 0.6) is 11.5 Å². The van der Waals surface area contributed by atoms with E-state index in [2.05, 4.69) is 32.7 Å². The second-order valence-corrected chi connectivity index (χ2v) is 5.50. The summed E-state index contributed by atoms with van der Waals surface area (Å²) in [5.41, 5.74) is 1.14. The quantitative estimate of drug-likeness (QED) is 0.749. The zero-order valence-corrected chi connectivity index (χ0v) is 16.0. The minimum Gasteiger partial charge on any atom is -0.495 e. The van der Waals surface area contributed by atoms with Crippen molar-refractivity contribution >= 4 is 40.7 Å². The molecule has 1 heterocycles. The van der Waals surface area contributed by atoms with Crippen LogP contribution in [0, 0.1) is 0 Å². The van der Waals surface area contributed by atoms with Gasteiger partial charge in [0.25, 0.3) is 0 Å². The summed E-state index contributed by atoms with van der Waals surface area (Å²) >= 11 is 3.50. The highest BCUT2D eigenvalue weighted by Crippen LogP contribution is 2.38. The molecule has 1 fully saturated rings. The summed E-state index contributed by atoms with van der Waals surface area (Å²) in [7, 11) is 3.33. The fourth-order valence-electron chi connectivity index (χ4n) is 2.52. The Morgan fingerprint density at radius 3 is 2.09 bits per heavy atom. The number of methoxy groups -OCH3 is 2. The first-order chi connectivity index (χ1) is 9.71. The van der Waals surface area contributed by atoms with Crippen LogP contribution < -0.4 is 14.8 Å². The Kier molecular flexibility index (Phi) is 10.1. The molecular weight excluding hydrogens is 391 g/mol. The van der Waals surface area contributed by atoms with Gasteiger partial charge in [-0.25, -0.2) is 0 Å². The molecule has 1 saturated heterocycles. The van der Waals surface area contributed by atoms with E-state index in [9.17, 15) is 0 Å². The minimum atomic E-state index is 0. The third-order valence-corrected chi connectivity index (χ3v) is 4.36. The molecule has 0 unspecified atom stereocenters. The van der Waals surface area contributed by atoms with Crippen LogP contribution in [-0.2, 0) is 0 Å². The van der Waals surface area contributed by atoms with Crippen LogP contribution in [-0.4, -0.2) is 45.3 Å². The number of hydrogen-bond acceptors (Lipinski definition) is 4. The zero-order chi connectivity index (χ0) is 14.5. The van der Waals surface area contributed by atoms with E-state index in [1.165, 1.54) is 0 Å². The van der Waals surface area contributed by atoms with Crippen molar-refractivity contribution in [3.63, 3.8) is 0 Å². The number of ether oxygens (including phenoxy) is 2. The fourth-order valence-corrected chi connectivity index (χ4v) is 3.07. The molecule has 0 spiro atoms. The van der Waals surface area contributed by atoms with E-state index in [0.717, 1.165) is 47.7 Å². The fraction of sp³-hybridized carbons (Fsp3) is 0.467. The van der Waals surface area contributed by atoms with Crippen molar-refractivity contribution in [2.45, 2.75) is 6.04 Å². The topological polar surface area (TPSA) is 33.7 Å². The molecule has 126 valence electrons. The minimum absolute atomic E-state index is 0. The predicted molar refractivity (Wildman–Crippen MR) is 99.1 cm³/mol. The van der Waals surface area contributed by atoms with E-state index in [1.54, 1.807) is 14.2 Å². The molecule has 1 aliphatic heterocycles. The van der Waals surface area contributed by atoms with Gasteiger partial charge < -0.3 is 14.8 Å². The summed E-state index contributed by atoms with van der Waals surface area (Å²) in [5, 5.41) is 3.37. The van der Waals surface area contributed by atoms with Crippen molar-refractivity contribution in [1.82, 2.24) is 10.2 Å². The van der Waals surface area contributed by atoms with Gasteiger partial charge >= 0.3 is 0 Å². The Hall–Kier alpha value is -0.460. The normalized spacial score (nSPS) is 16.0. The first-order valence-corrected chi connectivity index (χ1v) is 7.49. The number of nitrogens with one attached hydrogen (secondary N) is 1. The highest BCUT2D eigenvalue weighted by molar-refractivity contribution is 9.10. The molecule has 1 N–H and O–H groups in total. The summed E-state index contributed by atoms with van der Waals surface area (Å²) < 4.78 is 11.7. The molecule has 0 saturated carbocycles. The predicted octanol–water partition coefficient (Wildman–Crippen LogP) is 3.44. The van der Waals surface area contributed by atoms with Crippen LogP contribution >= 0.6 is 40.7 Å². The van der Waals surface area contributed by atoms with Crippen LogP contribution in [0.3, 0.4) is 0 Å². The molecule has 1 aromatic rings. The Morgan fingerprint density at radius 1 is 1.18 bits per heavy atom. The largest absolute Gasteiger partial charge is 0.495 e. The van der Waals surface area contributed by atoms with Crippen molar-refractivity contribution in [3.8, 4) is 11.5 Å². The van der Waals surface area contributed by atoms with Crippen molar-refractivity contribution < 1.29 is 9.47 Å². The van der Waals surface area contributed by atoms with E-state index in [4.69, 9.17) is 9.47 Å². The molecule has 22 heavy (non-hydrogen) atoms. The summed E-state index contributed by atoms with van der Waals surface area (Å²) in [6.45, 7) is 8.03. The molecular formula is C15H23BrCl2N2O2. The molecule has 1 atom stereocenters. The van der Waals surface area contributed by atoms with Gasteiger partial charge in [0.2, 0.25) is 0 Å². The van der Waals surface area contributed by atoms with Gasteiger partial charge in [-0.1, -0.05) is 6.08 Å². The third kappa shape index (κ3) is 4.77. The lowest BCUT2D eigenvalue weighted by Gasteiger charge is -2.33. The van der Waals surface area contributed by atoms with Crippen molar-refractivity contribution in [2.75, 3.05) is 40.4 Å². The molecule has 1 aromatic carbocycles. The average molecular weight is 414 g/mol. The third-order valence-electron chi connectivity index (χ3n) is 3.58. The van der Waals surface area contributed by atoms with E-state index in [0.29, 0.717) is 0 Å². The molecule has 7 heteroatoms. The maximum Gasteiger partial charge on any atom is 0.137 e. The van der Waals surface area contributed by atoms with Gasteiger partial charge in [0, 0.05) is 26.2 Å². The molecule has 0 bridgehead atoms. The van der Waals surface area contributed by atoms with Crippen LogP contribution in [0.4, 0.5) is 0 Å². The molecule has 2 rings (SSSR count). The van der Waals surface area contributed by atoms with Gasteiger partial charge in [0.1, 0.15) is 16.0 Å². The highest BCUT2D eigenvalue weighted by atomic mass is 79.9. The summed E-state index contributed by atoms with van der Waals surface area (Å²) in [5.74, 6) is 1.56. The summed E-state index contributed by atoms with van der Waals surface area (Å²) in [4.78, 5) is 2.41. The van der Waals surface area contributed by atoms with Gasteiger partial charge in [0.05, 0.1) is 20.3 Å². The number of benzene rings is 1. The van der Waals surface area contributed by atoms with Crippen LogP contribution in [0.1, 0.15) is 11.6 Å². The maximum atomic E-state index is 5.42. The SMILES string of the molecule is C=C[C@@H](c1cc(OC)c(Br)c(OC)c1)N1CCNCC1.Cl.Cl. The summed E-state index contributed by atoms with van der Waals surface area (Å²) in [6, 6.07) is 4.26.